The number of hydrogen-bond donors (Lipinski definition) is 1. The van der Waals surface area contributed by atoms with Gasteiger partial charge in [0.1, 0.15) is 11.7 Å². The molecule has 5 rings (SSSR count). The number of benzene rings is 1. The molecule has 3 aromatic heterocycles. The van der Waals surface area contributed by atoms with Crippen molar-refractivity contribution >= 4 is 53.0 Å². The zero-order chi connectivity index (χ0) is 21.8. The number of likely N-dealkylation sites (tertiary alicyclic amines) is 1. The molecule has 1 saturated heterocycles. The van der Waals surface area contributed by atoms with Gasteiger partial charge in [-0.3, -0.25) is 9.30 Å². The summed E-state index contributed by atoms with van der Waals surface area (Å²) in [5.74, 6) is 0.345. The van der Waals surface area contributed by atoms with Crippen LogP contribution in [0.25, 0.3) is 28.1 Å². The molecule has 0 aliphatic carbocycles. The third-order valence-electron chi connectivity index (χ3n) is 5.57. The standard InChI is InChI=1S/C21H18ClF3N6.2ClH/c22-15-3-1-2-12-4-6-16(27-18(12)15)20-29-28-17-7-5-13(10-31(17)20)19(21(23,24)25)30-9-8-14(26)11-30;;/h1-7,10,14,19H,8-9,11,26H2;2*1H/t14?,19-;;/m1../s1. The molecule has 1 aromatic carbocycles. The fourth-order valence-electron chi connectivity index (χ4n) is 4.14. The minimum absolute atomic E-state index is 0. The first-order valence-corrected chi connectivity index (χ1v) is 10.2. The number of alkyl halides is 3. The van der Waals surface area contributed by atoms with Crippen molar-refractivity contribution in [1.82, 2.24) is 24.5 Å². The number of pyridine rings is 2. The molecule has 4 heterocycles. The maximum atomic E-state index is 14.0. The number of rotatable bonds is 3. The smallest absolute Gasteiger partial charge is 0.326 e. The van der Waals surface area contributed by atoms with Crippen molar-refractivity contribution in [2.75, 3.05) is 13.1 Å². The maximum Gasteiger partial charge on any atom is 0.408 e. The molecule has 0 spiro atoms. The van der Waals surface area contributed by atoms with Crippen molar-refractivity contribution in [3.05, 3.63) is 59.2 Å². The van der Waals surface area contributed by atoms with E-state index in [9.17, 15) is 13.2 Å². The number of halogens is 6. The second kappa shape index (κ2) is 9.60. The van der Waals surface area contributed by atoms with Gasteiger partial charge < -0.3 is 5.73 Å². The average Bonchev–Trinajstić information content (AvgIpc) is 3.33. The third-order valence-corrected chi connectivity index (χ3v) is 5.88. The summed E-state index contributed by atoms with van der Waals surface area (Å²) in [6, 6.07) is 10.0. The average molecular weight is 520 g/mol. The van der Waals surface area contributed by atoms with Crippen LogP contribution in [0.15, 0.2) is 48.7 Å². The highest BCUT2D eigenvalue weighted by atomic mass is 35.5. The predicted molar refractivity (Wildman–Crippen MR) is 126 cm³/mol. The Bertz CT molecular complexity index is 1280. The summed E-state index contributed by atoms with van der Waals surface area (Å²) in [6.45, 7) is 0.491. The molecule has 0 radical (unpaired) electrons. The number of fused-ring (bicyclic) bond motifs is 2. The monoisotopic (exact) mass is 518 g/mol. The Kier molecular flexibility index (Phi) is 7.40. The molecule has 1 fully saturated rings. The molecule has 4 aromatic rings. The van der Waals surface area contributed by atoms with Crippen LogP contribution >= 0.6 is 36.4 Å². The van der Waals surface area contributed by atoms with Gasteiger partial charge in [-0.25, -0.2) is 4.98 Å². The number of nitrogens with zero attached hydrogens (tertiary/aromatic N) is 5. The van der Waals surface area contributed by atoms with E-state index in [0.29, 0.717) is 40.7 Å². The molecule has 176 valence electrons. The summed E-state index contributed by atoms with van der Waals surface area (Å²) >= 11 is 6.26. The molecule has 2 atom stereocenters. The van der Waals surface area contributed by atoms with Crippen LogP contribution in [0.2, 0.25) is 5.02 Å². The molecule has 6 nitrogen and oxygen atoms in total. The highest BCUT2D eigenvalue weighted by molar-refractivity contribution is 6.35. The molecule has 1 unspecified atom stereocenters. The van der Waals surface area contributed by atoms with Crippen LogP contribution in [0.5, 0.6) is 0 Å². The fraction of sp³-hybridized carbons (Fsp3) is 0.286. The summed E-state index contributed by atoms with van der Waals surface area (Å²) < 4.78 is 43.5. The van der Waals surface area contributed by atoms with E-state index in [-0.39, 0.29) is 43.0 Å². The Morgan fingerprint density at radius 3 is 2.55 bits per heavy atom. The second-order valence-electron chi connectivity index (χ2n) is 7.71. The van der Waals surface area contributed by atoms with E-state index in [1.807, 2.05) is 18.2 Å². The Labute approximate surface area is 204 Å². The van der Waals surface area contributed by atoms with Gasteiger partial charge in [0, 0.05) is 30.7 Å². The normalized spacial score (nSPS) is 17.7. The summed E-state index contributed by atoms with van der Waals surface area (Å²) in [5, 5.41) is 9.60. The highest BCUT2D eigenvalue weighted by Gasteiger charge is 2.46. The van der Waals surface area contributed by atoms with Crippen LogP contribution in [0.4, 0.5) is 13.2 Å². The SMILES string of the molecule is Cl.Cl.NC1CCN([C@H](c2ccc3nnc(-c4ccc5cccc(Cl)c5n4)n3c2)C(F)(F)F)C1. The van der Waals surface area contributed by atoms with E-state index in [4.69, 9.17) is 17.3 Å². The van der Waals surface area contributed by atoms with Gasteiger partial charge >= 0.3 is 6.18 Å². The van der Waals surface area contributed by atoms with Crippen LogP contribution in [0.3, 0.4) is 0 Å². The van der Waals surface area contributed by atoms with Crippen molar-refractivity contribution in [2.45, 2.75) is 24.7 Å². The van der Waals surface area contributed by atoms with Crippen LogP contribution < -0.4 is 5.73 Å². The van der Waals surface area contributed by atoms with Gasteiger partial charge in [-0.1, -0.05) is 35.9 Å². The number of nitrogens with two attached hydrogens (primary N) is 1. The maximum absolute atomic E-state index is 14.0. The van der Waals surface area contributed by atoms with Crippen molar-refractivity contribution in [3.8, 4) is 11.5 Å². The Balaban J connectivity index is 0.00000153. The quantitative estimate of drug-likeness (QED) is 0.409. The minimum atomic E-state index is -4.44. The second-order valence-corrected chi connectivity index (χ2v) is 8.12. The minimum Gasteiger partial charge on any atom is -0.326 e. The molecular formula is C21H20Cl3F3N6. The van der Waals surface area contributed by atoms with Crippen LogP contribution in [-0.4, -0.2) is 49.8 Å². The molecule has 12 heteroatoms. The molecule has 0 saturated carbocycles. The summed E-state index contributed by atoms with van der Waals surface area (Å²) in [7, 11) is 0. The van der Waals surface area contributed by atoms with Gasteiger partial charge in [0.2, 0.25) is 0 Å². The van der Waals surface area contributed by atoms with Gasteiger partial charge in [0.15, 0.2) is 11.5 Å². The van der Waals surface area contributed by atoms with E-state index in [2.05, 4.69) is 15.2 Å². The number of aromatic nitrogens is 4. The lowest BCUT2D eigenvalue weighted by molar-refractivity contribution is -0.183. The van der Waals surface area contributed by atoms with Crippen molar-refractivity contribution in [2.24, 2.45) is 5.73 Å². The molecule has 1 aliphatic rings. The van der Waals surface area contributed by atoms with E-state index in [1.54, 1.807) is 12.1 Å². The van der Waals surface area contributed by atoms with Crippen molar-refractivity contribution in [3.63, 3.8) is 0 Å². The molecule has 0 bridgehead atoms. The topological polar surface area (TPSA) is 72.3 Å². The Morgan fingerprint density at radius 1 is 1.06 bits per heavy atom. The lowest BCUT2D eigenvalue weighted by Gasteiger charge is -2.30. The van der Waals surface area contributed by atoms with E-state index >= 15 is 0 Å². The van der Waals surface area contributed by atoms with Crippen molar-refractivity contribution < 1.29 is 13.2 Å². The zero-order valence-electron chi connectivity index (χ0n) is 17.0. The molecule has 2 N–H and O–H groups in total. The fourth-order valence-corrected chi connectivity index (χ4v) is 4.36. The molecule has 1 aliphatic heterocycles. The van der Waals surface area contributed by atoms with Crippen LogP contribution in [0.1, 0.15) is 18.0 Å². The van der Waals surface area contributed by atoms with Gasteiger partial charge in [-0.05, 0) is 30.2 Å². The largest absolute Gasteiger partial charge is 0.408 e. The van der Waals surface area contributed by atoms with Crippen LogP contribution in [0, 0.1) is 0 Å². The summed E-state index contributed by atoms with van der Waals surface area (Å²) in [4.78, 5) is 5.95. The lowest BCUT2D eigenvalue weighted by atomic mass is 10.1. The van der Waals surface area contributed by atoms with Gasteiger partial charge in [-0.2, -0.15) is 13.2 Å². The summed E-state index contributed by atoms with van der Waals surface area (Å²) in [6.07, 6.45) is -2.47. The van der Waals surface area contributed by atoms with Gasteiger partial charge in [0.25, 0.3) is 0 Å². The van der Waals surface area contributed by atoms with Crippen molar-refractivity contribution in [1.29, 1.82) is 0 Å². The summed E-state index contributed by atoms with van der Waals surface area (Å²) in [5.41, 5.74) is 7.46. The lowest BCUT2D eigenvalue weighted by Crippen LogP contribution is -2.38. The number of hydrogen-bond acceptors (Lipinski definition) is 5. The first kappa shape index (κ1) is 25.5. The molecule has 33 heavy (non-hydrogen) atoms. The van der Waals surface area contributed by atoms with E-state index in [0.717, 1.165) is 5.39 Å². The van der Waals surface area contributed by atoms with Gasteiger partial charge in [-0.15, -0.1) is 35.0 Å². The number of para-hydroxylation sites is 1. The van der Waals surface area contributed by atoms with Gasteiger partial charge in [0.05, 0.1) is 10.5 Å². The molecular weight excluding hydrogens is 500 g/mol. The molecule has 0 amide bonds. The van der Waals surface area contributed by atoms with Crippen LogP contribution in [-0.2, 0) is 0 Å². The van der Waals surface area contributed by atoms with E-state index < -0.39 is 12.2 Å². The Morgan fingerprint density at radius 2 is 1.85 bits per heavy atom. The first-order valence-electron chi connectivity index (χ1n) is 9.78. The third kappa shape index (κ3) is 4.74. The zero-order valence-corrected chi connectivity index (χ0v) is 19.4. The highest BCUT2D eigenvalue weighted by Crippen LogP contribution is 2.39. The van der Waals surface area contributed by atoms with E-state index in [1.165, 1.54) is 27.6 Å². The Hall–Kier alpha value is -2.17. The predicted octanol–water partition coefficient (Wildman–Crippen LogP) is 5.08. The first-order chi connectivity index (χ1) is 14.8.